The smallest absolute Gasteiger partial charge is 0.263 e. The highest BCUT2D eigenvalue weighted by molar-refractivity contribution is 7.99. The summed E-state index contributed by atoms with van der Waals surface area (Å²) in [5.41, 5.74) is 2.56. The Morgan fingerprint density at radius 3 is 2.78 bits per heavy atom. The van der Waals surface area contributed by atoms with Gasteiger partial charge in [-0.1, -0.05) is 23.9 Å². The maximum absolute atomic E-state index is 13.2. The number of amides is 1. The molecule has 1 saturated heterocycles. The Hall–Kier alpha value is -2.45. The van der Waals surface area contributed by atoms with E-state index in [1.54, 1.807) is 32.9 Å². The third kappa shape index (κ3) is 3.79. The summed E-state index contributed by atoms with van der Waals surface area (Å²) in [7, 11) is 0. The number of carbonyl (C=O) groups is 2. The van der Waals surface area contributed by atoms with Crippen LogP contribution >= 0.6 is 23.1 Å². The van der Waals surface area contributed by atoms with Gasteiger partial charge in [0, 0.05) is 35.6 Å². The van der Waals surface area contributed by atoms with Crippen molar-refractivity contribution < 1.29 is 9.59 Å². The number of rotatable bonds is 6. The lowest BCUT2D eigenvalue weighted by molar-refractivity contribution is -0.117. The molecule has 3 heterocycles. The summed E-state index contributed by atoms with van der Waals surface area (Å²) in [6.07, 6.45) is 5.68. The monoisotopic (exact) mass is 467 g/mol. The standard InChI is InChI=1S/C24H25N3O3S2/c1-2-26-23(30)21-17-9-3-4-10-19(17)32-22(21)25-24(26)31-14-18(28)15-7-5-8-16(13-15)27-12-6-11-20(27)29/h5,7-8,13H,2-4,6,9-12,14H2,1H3. The molecular weight excluding hydrogens is 442 g/mol. The van der Waals surface area contributed by atoms with Crippen LogP contribution in [0.3, 0.4) is 0 Å². The number of Topliss-reactive ketones (excluding diaryl/α,β-unsaturated/α-hetero) is 1. The van der Waals surface area contributed by atoms with Gasteiger partial charge in [0.2, 0.25) is 5.91 Å². The Morgan fingerprint density at radius 2 is 2.00 bits per heavy atom. The van der Waals surface area contributed by atoms with Crippen molar-refractivity contribution in [2.75, 3.05) is 17.2 Å². The van der Waals surface area contributed by atoms with E-state index < -0.39 is 0 Å². The predicted molar refractivity (Wildman–Crippen MR) is 129 cm³/mol. The number of hydrogen-bond acceptors (Lipinski definition) is 6. The van der Waals surface area contributed by atoms with Crippen LogP contribution in [-0.4, -0.2) is 33.5 Å². The molecule has 2 aromatic heterocycles. The van der Waals surface area contributed by atoms with Crippen molar-refractivity contribution in [3.8, 4) is 0 Å². The van der Waals surface area contributed by atoms with Crippen LogP contribution < -0.4 is 10.5 Å². The largest absolute Gasteiger partial charge is 0.312 e. The average Bonchev–Trinajstić information content (AvgIpc) is 3.40. The maximum Gasteiger partial charge on any atom is 0.263 e. The van der Waals surface area contributed by atoms with Gasteiger partial charge < -0.3 is 4.90 Å². The molecule has 1 amide bonds. The molecule has 6 nitrogen and oxygen atoms in total. The van der Waals surface area contributed by atoms with E-state index in [0.717, 1.165) is 41.6 Å². The quantitative estimate of drug-likeness (QED) is 0.304. The fraction of sp³-hybridized carbons (Fsp3) is 0.417. The SMILES string of the molecule is CCn1c(SCC(=O)c2cccc(N3CCCC3=O)c2)nc2sc3c(c2c1=O)CCCC3. The van der Waals surface area contributed by atoms with Gasteiger partial charge in [-0.3, -0.25) is 19.0 Å². The number of benzene rings is 1. The van der Waals surface area contributed by atoms with Gasteiger partial charge in [0.15, 0.2) is 10.9 Å². The molecule has 0 bridgehead atoms. The molecule has 1 fully saturated rings. The number of fused-ring (bicyclic) bond motifs is 3. The van der Waals surface area contributed by atoms with E-state index in [0.29, 0.717) is 30.2 Å². The predicted octanol–water partition coefficient (Wildman–Crippen LogP) is 4.46. The summed E-state index contributed by atoms with van der Waals surface area (Å²) in [6.45, 7) is 3.16. The Kier molecular flexibility index (Phi) is 5.90. The van der Waals surface area contributed by atoms with Gasteiger partial charge >= 0.3 is 0 Å². The first kappa shape index (κ1) is 21.4. The van der Waals surface area contributed by atoms with Crippen molar-refractivity contribution >= 4 is 50.7 Å². The zero-order valence-electron chi connectivity index (χ0n) is 18.1. The molecule has 0 N–H and O–H groups in total. The second-order valence-corrected chi connectivity index (χ2v) is 10.3. The summed E-state index contributed by atoms with van der Waals surface area (Å²) >= 11 is 2.95. The van der Waals surface area contributed by atoms with Gasteiger partial charge in [0.05, 0.1) is 11.1 Å². The lowest BCUT2D eigenvalue weighted by Crippen LogP contribution is -2.24. The molecule has 32 heavy (non-hydrogen) atoms. The van der Waals surface area contributed by atoms with Crippen LogP contribution in [0.5, 0.6) is 0 Å². The lowest BCUT2D eigenvalue weighted by atomic mass is 9.97. The molecule has 1 aliphatic carbocycles. The molecule has 0 saturated carbocycles. The Bertz CT molecular complexity index is 1280. The number of aryl methyl sites for hydroxylation is 2. The van der Waals surface area contributed by atoms with Crippen LogP contribution in [-0.2, 0) is 24.2 Å². The molecule has 0 spiro atoms. The molecule has 166 valence electrons. The fourth-order valence-electron chi connectivity index (χ4n) is 4.59. The normalized spacial score (nSPS) is 16.0. The van der Waals surface area contributed by atoms with Crippen LogP contribution in [0.25, 0.3) is 10.2 Å². The van der Waals surface area contributed by atoms with Crippen LogP contribution in [0.4, 0.5) is 5.69 Å². The van der Waals surface area contributed by atoms with E-state index in [-0.39, 0.29) is 23.0 Å². The van der Waals surface area contributed by atoms with Crippen molar-refractivity contribution in [1.82, 2.24) is 9.55 Å². The Balaban J connectivity index is 1.40. The van der Waals surface area contributed by atoms with E-state index in [9.17, 15) is 14.4 Å². The molecule has 0 unspecified atom stereocenters. The minimum Gasteiger partial charge on any atom is -0.312 e. The summed E-state index contributed by atoms with van der Waals surface area (Å²) in [5, 5.41) is 1.38. The van der Waals surface area contributed by atoms with Crippen molar-refractivity contribution in [3.05, 3.63) is 50.6 Å². The molecular formula is C24H25N3O3S2. The molecule has 1 aliphatic heterocycles. The number of carbonyl (C=O) groups excluding carboxylic acids is 2. The van der Waals surface area contributed by atoms with Crippen LogP contribution in [0, 0.1) is 0 Å². The van der Waals surface area contributed by atoms with Crippen LogP contribution in [0.1, 0.15) is 53.4 Å². The minimum atomic E-state index is -0.0361. The highest BCUT2D eigenvalue weighted by Crippen LogP contribution is 2.34. The molecule has 0 atom stereocenters. The number of anilines is 1. The Labute approximate surface area is 194 Å². The summed E-state index contributed by atoms with van der Waals surface area (Å²) in [6, 6.07) is 7.27. The van der Waals surface area contributed by atoms with Gasteiger partial charge in [-0.05, 0) is 56.7 Å². The van der Waals surface area contributed by atoms with E-state index >= 15 is 0 Å². The number of hydrogen-bond donors (Lipinski definition) is 0. The van der Waals surface area contributed by atoms with E-state index in [4.69, 9.17) is 4.98 Å². The topological polar surface area (TPSA) is 72.3 Å². The second-order valence-electron chi connectivity index (χ2n) is 8.25. The number of thiophene rings is 1. The third-order valence-electron chi connectivity index (χ3n) is 6.24. The zero-order valence-corrected chi connectivity index (χ0v) is 19.7. The average molecular weight is 468 g/mol. The maximum atomic E-state index is 13.2. The first-order valence-electron chi connectivity index (χ1n) is 11.2. The van der Waals surface area contributed by atoms with Gasteiger partial charge in [0.1, 0.15) is 4.83 Å². The van der Waals surface area contributed by atoms with Crippen molar-refractivity contribution in [1.29, 1.82) is 0 Å². The molecule has 2 aliphatic rings. The molecule has 8 heteroatoms. The van der Waals surface area contributed by atoms with Gasteiger partial charge in [0.25, 0.3) is 5.56 Å². The summed E-state index contributed by atoms with van der Waals surface area (Å²) in [5.74, 6) is 0.263. The molecule has 3 aromatic rings. The van der Waals surface area contributed by atoms with E-state index in [1.165, 1.54) is 28.6 Å². The number of thioether (sulfide) groups is 1. The van der Waals surface area contributed by atoms with Gasteiger partial charge in [-0.2, -0.15) is 0 Å². The molecule has 5 rings (SSSR count). The van der Waals surface area contributed by atoms with Crippen LogP contribution in [0.2, 0.25) is 0 Å². The van der Waals surface area contributed by atoms with Crippen LogP contribution in [0.15, 0.2) is 34.2 Å². The zero-order chi connectivity index (χ0) is 22.2. The molecule has 0 radical (unpaired) electrons. The third-order valence-corrected chi connectivity index (χ3v) is 8.40. The first-order valence-corrected chi connectivity index (χ1v) is 13.0. The number of ketones is 1. The molecule has 1 aromatic carbocycles. The minimum absolute atomic E-state index is 0.0152. The van der Waals surface area contributed by atoms with E-state index in [1.807, 2.05) is 19.1 Å². The lowest BCUT2D eigenvalue weighted by Gasteiger charge is -2.16. The fourth-order valence-corrected chi connectivity index (χ4v) is 6.85. The van der Waals surface area contributed by atoms with Gasteiger partial charge in [-0.15, -0.1) is 11.3 Å². The summed E-state index contributed by atoms with van der Waals surface area (Å²) < 4.78 is 1.70. The van der Waals surface area contributed by atoms with Gasteiger partial charge in [-0.25, -0.2) is 4.98 Å². The van der Waals surface area contributed by atoms with E-state index in [2.05, 4.69) is 0 Å². The Morgan fingerprint density at radius 1 is 1.16 bits per heavy atom. The number of nitrogens with zero attached hydrogens (tertiary/aromatic N) is 3. The highest BCUT2D eigenvalue weighted by Gasteiger charge is 2.24. The second kappa shape index (κ2) is 8.83. The summed E-state index contributed by atoms with van der Waals surface area (Å²) in [4.78, 5) is 46.9. The van der Waals surface area contributed by atoms with Crippen molar-refractivity contribution in [2.24, 2.45) is 0 Å². The first-order chi connectivity index (χ1) is 15.6. The van der Waals surface area contributed by atoms with Crippen molar-refractivity contribution in [2.45, 2.75) is 57.1 Å². The number of aromatic nitrogens is 2. The van der Waals surface area contributed by atoms with Crippen molar-refractivity contribution in [3.63, 3.8) is 0 Å². The highest BCUT2D eigenvalue weighted by atomic mass is 32.2.